The van der Waals surface area contributed by atoms with E-state index in [0.717, 1.165) is 19.4 Å². The molecule has 1 fully saturated rings. The van der Waals surface area contributed by atoms with Gasteiger partial charge in [0.2, 0.25) is 0 Å². The van der Waals surface area contributed by atoms with Crippen LogP contribution in [0.25, 0.3) is 0 Å². The van der Waals surface area contributed by atoms with Gasteiger partial charge in [0.25, 0.3) is 0 Å². The van der Waals surface area contributed by atoms with Crippen LogP contribution in [0.4, 0.5) is 0 Å². The van der Waals surface area contributed by atoms with Crippen LogP contribution in [0.2, 0.25) is 0 Å². The maximum atomic E-state index is 11.1. The first-order valence-electron chi connectivity index (χ1n) is 5.77. The van der Waals surface area contributed by atoms with Crippen LogP contribution in [0, 0.1) is 0 Å². The molecule has 0 saturated carbocycles. The van der Waals surface area contributed by atoms with Crippen molar-refractivity contribution in [3.8, 4) is 0 Å². The number of hydrogen-bond donors (Lipinski definition) is 1. The summed E-state index contributed by atoms with van der Waals surface area (Å²) in [5, 5.41) is 9.09. The zero-order valence-corrected chi connectivity index (χ0v) is 9.61. The minimum absolute atomic E-state index is 0.297. The molecule has 4 heteroatoms. The molecular formula is C11H21NO3. The lowest BCUT2D eigenvalue weighted by atomic mass is 10.1. The Morgan fingerprint density at radius 2 is 2.33 bits per heavy atom. The minimum Gasteiger partial charge on any atom is -0.480 e. The third-order valence-corrected chi connectivity index (χ3v) is 3.01. The zero-order valence-electron chi connectivity index (χ0n) is 9.61. The fourth-order valence-corrected chi connectivity index (χ4v) is 2.25. The summed E-state index contributed by atoms with van der Waals surface area (Å²) in [6, 6.07) is -0.0380. The lowest BCUT2D eigenvalue weighted by Crippen LogP contribution is -2.45. The smallest absolute Gasteiger partial charge is 0.320 e. The molecule has 0 radical (unpaired) electrons. The second kappa shape index (κ2) is 6.08. The van der Waals surface area contributed by atoms with Crippen LogP contribution in [0.3, 0.4) is 0 Å². The summed E-state index contributed by atoms with van der Waals surface area (Å²) in [6.45, 7) is 6.15. The topological polar surface area (TPSA) is 49.8 Å². The summed E-state index contributed by atoms with van der Waals surface area (Å²) in [7, 11) is 0. The fraction of sp³-hybridized carbons (Fsp3) is 0.909. The van der Waals surface area contributed by atoms with Crippen molar-refractivity contribution in [1.29, 1.82) is 0 Å². The molecule has 15 heavy (non-hydrogen) atoms. The minimum atomic E-state index is -0.708. The van der Waals surface area contributed by atoms with E-state index in [1.165, 1.54) is 0 Å². The number of likely N-dealkylation sites (tertiary alicyclic amines) is 1. The van der Waals surface area contributed by atoms with E-state index in [1.807, 2.05) is 13.8 Å². The Hall–Kier alpha value is -0.610. The fourth-order valence-electron chi connectivity index (χ4n) is 2.25. The first-order chi connectivity index (χ1) is 7.20. The first-order valence-corrected chi connectivity index (χ1v) is 5.77. The molecule has 0 aromatic heterocycles. The van der Waals surface area contributed by atoms with E-state index < -0.39 is 5.97 Å². The molecule has 0 aromatic rings. The second-order valence-corrected chi connectivity index (χ2v) is 3.96. The van der Waals surface area contributed by atoms with Gasteiger partial charge in [0, 0.05) is 12.6 Å². The largest absolute Gasteiger partial charge is 0.480 e. The Kier molecular flexibility index (Phi) is 5.05. The highest BCUT2D eigenvalue weighted by Crippen LogP contribution is 2.22. The van der Waals surface area contributed by atoms with Crippen molar-refractivity contribution in [3.63, 3.8) is 0 Å². The predicted molar refractivity (Wildman–Crippen MR) is 57.9 cm³/mol. The average Bonchev–Trinajstić information content (AvgIpc) is 2.64. The highest BCUT2D eigenvalue weighted by Gasteiger charge is 2.33. The van der Waals surface area contributed by atoms with Crippen LogP contribution in [-0.2, 0) is 9.53 Å². The number of carbonyl (C=O) groups is 1. The monoisotopic (exact) mass is 215 g/mol. The lowest BCUT2D eigenvalue weighted by molar-refractivity contribution is -0.144. The van der Waals surface area contributed by atoms with Gasteiger partial charge in [-0.1, -0.05) is 6.92 Å². The van der Waals surface area contributed by atoms with Gasteiger partial charge in [-0.05, 0) is 32.7 Å². The molecule has 0 amide bonds. The molecule has 0 spiro atoms. The van der Waals surface area contributed by atoms with E-state index in [9.17, 15) is 4.79 Å². The van der Waals surface area contributed by atoms with Gasteiger partial charge in [-0.3, -0.25) is 9.69 Å². The van der Waals surface area contributed by atoms with Gasteiger partial charge >= 0.3 is 5.97 Å². The van der Waals surface area contributed by atoms with E-state index in [0.29, 0.717) is 25.7 Å². The van der Waals surface area contributed by atoms with Crippen LogP contribution in [0.15, 0.2) is 0 Å². The van der Waals surface area contributed by atoms with E-state index in [-0.39, 0.29) is 6.04 Å². The van der Waals surface area contributed by atoms with Crippen LogP contribution in [0.1, 0.15) is 33.1 Å². The summed E-state index contributed by atoms with van der Waals surface area (Å²) < 4.78 is 5.39. The summed E-state index contributed by atoms with van der Waals surface area (Å²) in [5.41, 5.74) is 0. The highest BCUT2D eigenvalue weighted by atomic mass is 16.5. The molecule has 1 saturated heterocycles. The molecule has 1 heterocycles. The predicted octanol–water partition coefficient (Wildman–Crippen LogP) is 1.35. The van der Waals surface area contributed by atoms with Gasteiger partial charge < -0.3 is 9.84 Å². The molecule has 0 aromatic carbocycles. The quantitative estimate of drug-likeness (QED) is 0.726. The molecule has 2 atom stereocenters. The van der Waals surface area contributed by atoms with Gasteiger partial charge in [0.05, 0.1) is 6.61 Å². The van der Waals surface area contributed by atoms with Crippen LogP contribution in [-0.4, -0.2) is 47.8 Å². The normalized spacial score (nSPS) is 24.3. The zero-order chi connectivity index (χ0) is 11.3. The Labute approximate surface area is 91.2 Å². The molecular weight excluding hydrogens is 194 g/mol. The highest BCUT2D eigenvalue weighted by molar-refractivity contribution is 5.73. The summed E-state index contributed by atoms with van der Waals surface area (Å²) >= 11 is 0. The first kappa shape index (κ1) is 12.5. The van der Waals surface area contributed by atoms with Crippen molar-refractivity contribution in [2.24, 2.45) is 0 Å². The van der Waals surface area contributed by atoms with Gasteiger partial charge in [0.1, 0.15) is 6.04 Å². The lowest BCUT2D eigenvalue weighted by Gasteiger charge is -2.29. The number of ether oxygens (including phenoxy) is 1. The number of hydrogen-bond acceptors (Lipinski definition) is 3. The van der Waals surface area contributed by atoms with E-state index in [1.54, 1.807) is 0 Å². The third kappa shape index (κ3) is 3.18. The average molecular weight is 215 g/mol. The van der Waals surface area contributed by atoms with Crippen molar-refractivity contribution in [1.82, 2.24) is 4.90 Å². The number of rotatable bonds is 6. The van der Waals surface area contributed by atoms with Crippen molar-refractivity contribution in [2.75, 3.05) is 19.8 Å². The number of nitrogens with zero attached hydrogens (tertiary/aromatic N) is 1. The molecule has 0 unspecified atom stereocenters. The SMILES string of the molecule is CCOC[C@H]1CCCN1[C@@H](CC)C(=O)O. The van der Waals surface area contributed by atoms with Gasteiger partial charge in [-0.25, -0.2) is 0 Å². The number of carboxylic acids is 1. The molecule has 1 N–H and O–H groups in total. The molecule has 88 valence electrons. The van der Waals surface area contributed by atoms with E-state index >= 15 is 0 Å². The molecule has 4 nitrogen and oxygen atoms in total. The van der Waals surface area contributed by atoms with Gasteiger partial charge in [-0.2, -0.15) is 0 Å². The molecule has 0 bridgehead atoms. The Balaban J connectivity index is 2.53. The summed E-state index contributed by atoms with van der Waals surface area (Å²) in [6.07, 6.45) is 2.81. The van der Waals surface area contributed by atoms with Gasteiger partial charge in [-0.15, -0.1) is 0 Å². The maximum Gasteiger partial charge on any atom is 0.320 e. The number of carboxylic acid groups (broad SMARTS) is 1. The standard InChI is InChI=1S/C11H21NO3/c1-3-10(11(13)14)12-7-5-6-9(12)8-15-4-2/h9-10H,3-8H2,1-2H3,(H,13,14)/t9-,10+/m1/s1. The molecule has 1 aliphatic rings. The van der Waals surface area contributed by atoms with Crippen molar-refractivity contribution < 1.29 is 14.6 Å². The Morgan fingerprint density at radius 3 is 2.87 bits per heavy atom. The molecule has 1 rings (SSSR count). The molecule has 1 aliphatic heterocycles. The van der Waals surface area contributed by atoms with E-state index in [4.69, 9.17) is 9.84 Å². The Morgan fingerprint density at radius 1 is 1.60 bits per heavy atom. The maximum absolute atomic E-state index is 11.1. The van der Waals surface area contributed by atoms with Crippen LogP contribution >= 0.6 is 0 Å². The third-order valence-electron chi connectivity index (χ3n) is 3.01. The Bertz CT molecular complexity index is 208. The number of aliphatic carboxylic acids is 1. The van der Waals surface area contributed by atoms with Crippen LogP contribution in [0.5, 0.6) is 0 Å². The second-order valence-electron chi connectivity index (χ2n) is 3.96. The van der Waals surface area contributed by atoms with Crippen molar-refractivity contribution in [3.05, 3.63) is 0 Å². The van der Waals surface area contributed by atoms with Crippen molar-refractivity contribution >= 4 is 5.97 Å². The summed E-state index contributed by atoms with van der Waals surface area (Å²) in [4.78, 5) is 13.1. The summed E-state index contributed by atoms with van der Waals surface area (Å²) in [5.74, 6) is -0.708. The molecule has 0 aliphatic carbocycles. The van der Waals surface area contributed by atoms with Crippen LogP contribution < -0.4 is 0 Å². The van der Waals surface area contributed by atoms with Gasteiger partial charge in [0.15, 0.2) is 0 Å². The van der Waals surface area contributed by atoms with Crippen molar-refractivity contribution in [2.45, 2.75) is 45.2 Å². The van der Waals surface area contributed by atoms with E-state index in [2.05, 4.69) is 4.90 Å².